The lowest BCUT2D eigenvalue weighted by atomic mass is 9.93. The number of amides is 2. The van der Waals surface area contributed by atoms with Crippen LogP contribution in [-0.2, 0) is 23.3 Å². The van der Waals surface area contributed by atoms with Crippen LogP contribution in [-0.4, -0.2) is 36.4 Å². The van der Waals surface area contributed by atoms with Crippen molar-refractivity contribution in [2.24, 2.45) is 0 Å². The van der Waals surface area contributed by atoms with Crippen LogP contribution in [0, 0.1) is 0 Å². The summed E-state index contributed by atoms with van der Waals surface area (Å²) in [5.74, 6) is -0.0492. The molecular weight excluding hydrogens is 408 g/mol. The highest BCUT2D eigenvalue weighted by Gasteiger charge is 2.44. The second-order valence-corrected chi connectivity index (χ2v) is 9.03. The first-order chi connectivity index (χ1) is 15.1. The third-order valence-corrected chi connectivity index (χ3v) is 7.05. The number of ether oxygens (including phenoxy) is 1. The molecule has 2 aromatic carbocycles. The summed E-state index contributed by atoms with van der Waals surface area (Å²) >= 11 is 1.42. The molecule has 0 radical (unpaired) electrons. The lowest BCUT2D eigenvalue weighted by Gasteiger charge is -2.41. The maximum Gasteiger partial charge on any atom is 0.261 e. The van der Waals surface area contributed by atoms with Crippen LogP contribution in [0.1, 0.15) is 43.1 Å². The quantitative estimate of drug-likeness (QED) is 0.678. The largest absolute Gasteiger partial charge is 0.367 e. The molecule has 2 heterocycles. The maximum absolute atomic E-state index is 13.2. The Morgan fingerprint density at radius 1 is 1.06 bits per heavy atom. The second kappa shape index (κ2) is 8.29. The van der Waals surface area contributed by atoms with Gasteiger partial charge >= 0.3 is 0 Å². The lowest BCUT2D eigenvalue weighted by Crippen LogP contribution is -2.51. The van der Waals surface area contributed by atoms with Gasteiger partial charge in [-0.25, -0.2) is 0 Å². The van der Waals surface area contributed by atoms with Crippen molar-refractivity contribution in [2.45, 2.75) is 25.0 Å². The van der Waals surface area contributed by atoms with Gasteiger partial charge in [-0.05, 0) is 53.1 Å². The molecule has 1 spiro atoms. The molecule has 1 aliphatic heterocycles. The van der Waals surface area contributed by atoms with Crippen molar-refractivity contribution in [1.82, 2.24) is 10.2 Å². The molecule has 158 valence electrons. The first-order valence-corrected chi connectivity index (χ1v) is 11.4. The van der Waals surface area contributed by atoms with E-state index in [2.05, 4.69) is 23.5 Å². The Morgan fingerprint density at radius 2 is 1.90 bits per heavy atom. The van der Waals surface area contributed by atoms with Gasteiger partial charge in [-0.3, -0.25) is 9.59 Å². The summed E-state index contributed by atoms with van der Waals surface area (Å²) in [6.45, 7) is 2.17. The van der Waals surface area contributed by atoms with Crippen molar-refractivity contribution in [3.63, 3.8) is 0 Å². The van der Waals surface area contributed by atoms with Crippen LogP contribution < -0.4 is 5.32 Å². The summed E-state index contributed by atoms with van der Waals surface area (Å²) < 4.78 is 6.24. The van der Waals surface area contributed by atoms with Gasteiger partial charge in [0.1, 0.15) is 5.60 Å². The molecule has 0 bridgehead atoms. The van der Waals surface area contributed by atoms with E-state index < -0.39 is 0 Å². The summed E-state index contributed by atoms with van der Waals surface area (Å²) in [6.07, 6.45) is 1.91. The molecule has 3 aromatic rings. The van der Waals surface area contributed by atoms with Crippen LogP contribution in [0.3, 0.4) is 0 Å². The first-order valence-electron chi connectivity index (χ1n) is 10.6. The minimum absolute atomic E-state index is 0.0289. The molecule has 2 aliphatic rings. The number of rotatable bonds is 4. The summed E-state index contributed by atoms with van der Waals surface area (Å²) in [7, 11) is 0. The van der Waals surface area contributed by atoms with E-state index >= 15 is 0 Å². The van der Waals surface area contributed by atoms with Crippen LogP contribution >= 0.6 is 11.3 Å². The van der Waals surface area contributed by atoms with Crippen molar-refractivity contribution in [3.8, 4) is 0 Å². The minimum atomic E-state index is -0.378. The van der Waals surface area contributed by atoms with Crippen LogP contribution in [0.15, 0.2) is 66.0 Å². The molecule has 0 saturated carbocycles. The zero-order valence-electron chi connectivity index (χ0n) is 17.2. The minimum Gasteiger partial charge on any atom is -0.367 e. The lowest BCUT2D eigenvalue weighted by molar-refractivity contribution is -0.103. The number of nitrogens with one attached hydrogen (secondary N) is 1. The molecule has 1 fully saturated rings. The molecule has 1 aliphatic carbocycles. The number of fused-ring (bicyclic) bond motifs is 2. The SMILES string of the molecule is O=C(NCc1ccc(C(=O)N2CCOC3(CCc4ccccc43)C2)cc1)c1cccs1. The Morgan fingerprint density at radius 3 is 2.71 bits per heavy atom. The van der Waals surface area contributed by atoms with Crippen molar-refractivity contribution >= 4 is 23.2 Å². The van der Waals surface area contributed by atoms with E-state index in [1.165, 1.54) is 22.5 Å². The van der Waals surface area contributed by atoms with E-state index in [1.807, 2.05) is 46.7 Å². The van der Waals surface area contributed by atoms with Gasteiger partial charge in [-0.15, -0.1) is 11.3 Å². The standard InChI is InChI=1S/C25H24N2O3S/c28-23(22-6-3-15-31-22)26-16-18-7-9-20(10-8-18)24(29)27-13-14-30-25(17-27)12-11-19-4-1-2-5-21(19)25/h1-10,15H,11-14,16-17H2,(H,26,28). The third kappa shape index (κ3) is 3.89. The van der Waals surface area contributed by atoms with Crippen molar-refractivity contribution in [1.29, 1.82) is 0 Å². The molecule has 1 N–H and O–H groups in total. The number of carbonyl (C=O) groups excluding carboxylic acids is 2. The molecule has 5 rings (SSSR count). The molecule has 6 heteroatoms. The molecule has 1 aromatic heterocycles. The summed E-state index contributed by atoms with van der Waals surface area (Å²) in [6, 6.07) is 19.6. The van der Waals surface area contributed by atoms with Gasteiger partial charge in [-0.2, -0.15) is 0 Å². The van der Waals surface area contributed by atoms with Crippen molar-refractivity contribution < 1.29 is 14.3 Å². The van der Waals surface area contributed by atoms with Gasteiger partial charge in [-0.1, -0.05) is 42.5 Å². The molecule has 1 atom stereocenters. The van der Waals surface area contributed by atoms with Crippen LogP contribution in [0.4, 0.5) is 0 Å². The number of carbonyl (C=O) groups is 2. The number of hydrogen-bond donors (Lipinski definition) is 1. The van der Waals surface area contributed by atoms with Crippen LogP contribution in [0.5, 0.6) is 0 Å². The predicted molar refractivity (Wildman–Crippen MR) is 120 cm³/mol. The Labute approximate surface area is 185 Å². The first kappa shape index (κ1) is 20.0. The summed E-state index contributed by atoms with van der Waals surface area (Å²) in [5, 5.41) is 4.80. The van der Waals surface area contributed by atoms with E-state index in [0.29, 0.717) is 36.7 Å². The van der Waals surface area contributed by atoms with Crippen molar-refractivity contribution in [2.75, 3.05) is 19.7 Å². The van der Waals surface area contributed by atoms with Gasteiger partial charge < -0.3 is 15.0 Å². The predicted octanol–water partition coefficient (Wildman–Crippen LogP) is 3.99. The highest BCUT2D eigenvalue weighted by Crippen LogP contribution is 2.42. The molecule has 31 heavy (non-hydrogen) atoms. The maximum atomic E-state index is 13.2. The fourth-order valence-electron chi connectivity index (χ4n) is 4.55. The molecule has 5 nitrogen and oxygen atoms in total. The fraction of sp³-hybridized carbons (Fsp3) is 0.280. The monoisotopic (exact) mass is 432 g/mol. The molecular formula is C25H24N2O3S. The second-order valence-electron chi connectivity index (χ2n) is 8.08. The highest BCUT2D eigenvalue weighted by molar-refractivity contribution is 7.12. The van der Waals surface area contributed by atoms with Gasteiger partial charge in [0.25, 0.3) is 11.8 Å². The van der Waals surface area contributed by atoms with E-state index in [9.17, 15) is 9.59 Å². The number of aryl methyl sites for hydroxylation is 1. The van der Waals surface area contributed by atoms with Crippen LogP contribution in [0.25, 0.3) is 0 Å². The summed E-state index contributed by atoms with van der Waals surface area (Å²) in [5.41, 5.74) is 3.80. The number of thiophene rings is 1. The zero-order chi connectivity index (χ0) is 21.3. The highest BCUT2D eigenvalue weighted by atomic mass is 32.1. The van der Waals surface area contributed by atoms with Gasteiger partial charge in [0.15, 0.2) is 0 Å². The van der Waals surface area contributed by atoms with E-state index in [-0.39, 0.29) is 17.4 Å². The van der Waals surface area contributed by atoms with Gasteiger partial charge in [0.05, 0.1) is 18.0 Å². The zero-order valence-corrected chi connectivity index (χ0v) is 18.0. The number of benzene rings is 2. The van der Waals surface area contributed by atoms with E-state index in [0.717, 1.165) is 18.4 Å². The van der Waals surface area contributed by atoms with Gasteiger partial charge in [0, 0.05) is 18.7 Å². The topological polar surface area (TPSA) is 58.6 Å². The molecule has 1 saturated heterocycles. The number of hydrogen-bond acceptors (Lipinski definition) is 4. The van der Waals surface area contributed by atoms with E-state index in [1.54, 1.807) is 6.07 Å². The Balaban J connectivity index is 1.25. The Kier molecular flexibility index (Phi) is 5.34. The Hall–Kier alpha value is -2.96. The smallest absolute Gasteiger partial charge is 0.261 e. The molecule has 1 unspecified atom stereocenters. The number of morpholine rings is 1. The summed E-state index contributed by atoms with van der Waals surface area (Å²) in [4.78, 5) is 27.9. The number of nitrogens with zero attached hydrogens (tertiary/aromatic N) is 1. The normalized spacial score (nSPS) is 19.9. The van der Waals surface area contributed by atoms with E-state index in [4.69, 9.17) is 4.74 Å². The van der Waals surface area contributed by atoms with Gasteiger partial charge in [0.2, 0.25) is 0 Å². The van der Waals surface area contributed by atoms with Crippen LogP contribution in [0.2, 0.25) is 0 Å². The van der Waals surface area contributed by atoms with Crippen molar-refractivity contribution in [3.05, 3.63) is 93.2 Å². The molecule has 2 amide bonds. The average Bonchev–Trinajstić information content (AvgIpc) is 3.47. The fourth-order valence-corrected chi connectivity index (χ4v) is 5.19. The third-order valence-electron chi connectivity index (χ3n) is 6.18. The Bertz CT molecular complexity index is 1090. The average molecular weight is 433 g/mol.